The van der Waals surface area contributed by atoms with Crippen LogP contribution in [0.25, 0.3) is 0 Å². The Morgan fingerprint density at radius 1 is 0.923 bits per heavy atom. The molecule has 16 nitrogen and oxygen atoms in total. The number of hydrogen-bond acceptors (Lipinski definition) is 15. The van der Waals surface area contributed by atoms with Gasteiger partial charge in [0.05, 0.1) is 43.0 Å². The predicted molar refractivity (Wildman–Crippen MR) is 135 cm³/mol. The average molecular weight is 567 g/mol. The third-order valence-electron chi connectivity index (χ3n) is 7.81. The predicted octanol–water partition coefficient (Wildman–Crippen LogP) is -6.15. The Labute approximate surface area is 227 Å². The van der Waals surface area contributed by atoms with E-state index in [-0.39, 0.29) is 19.2 Å². The van der Waals surface area contributed by atoms with Gasteiger partial charge in [-0.1, -0.05) is 6.92 Å². The van der Waals surface area contributed by atoms with Gasteiger partial charge in [0.2, 0.25) is 5.91 Å². The Morgan fingerprint density at radius 3 is 2.21 bits per heavy atom. The molecular formula is C23H46N6O10. The van der Waals surface area contributed by atoms with Gasteiger partial charge < -0.3 is 78.5 Å². The van der Waals surface area contributed by atoms with Gasteiger partial charge >= 0.3 is 0 Å². The zero-order valence-electron chi connectivity index (χ0n) is 22.1. The van der Waals surface area contributed by atoms with Crippen LogP contribution in [0.3, 0.4) is 0 Å². The molecule has 0 bridgehead atoms. The molecule has 16 N–H and O–H groups in total. The van der Waals surface area contributed by atoms with Gasteiger partial charge in [-0.2, -0.15) is 0 Å². The largest absolute Gasteiger partial charge is 0.394 e. The standard InChI is InChI=1S/C23H46N6O10/c1-8(4-5-24)21(35)29-14-16(32)13(28)19(38-22-10(26)3-2-9(6-25)36-22)18(34)20(14)39-23-17(33)12(27)15(31)11(7-30)37-23/h8-20,22-23,30-34H,2-7,24-28H2,1H3,(H,29,35)/t8-,9-,10?,11?,12-,13-,14+,15+,16?,17?,18?,19?,20-,22+,23+/m0/s1. The van der Waals surface area contributed by atoms with Crippen molar-refractivity contribution in [2.45, 2.75) is 112 Å². The van der Waals surface area contributed by atoms with Gasteiger partial charge in [0.25, 0.3) is 0 Å². The summed E-state index contributed by atoms with van der Waals surface area (Å²) in [6, 6.07) is -4.34. The van der Waals surface area contributed by atoms with E-state index in [1.807, 2.05) is 0 Å². The molecule has 228 valence electrons. The molecule has 2 aliphatic heterocycles. The first kappa shape index (κ1) is 32.4. The van der Waals surface area contributed by atoms with E-state index in [4.69, 9.17) is 47.6 Å². The highest BCUT2D eigenvalue weighted by Crippen LogP contribution is 2.32. The Hall–Kier alpha value is -1.09. The molecule has 16 heteroatoms. The zero-order chi connectivity index (χ0) is 29.0. The van der Waals surface area contributed by atoms with Crippen molar-refractivity contribution >= 4 is 5.91 Å². The van der Waals surface area contributed by atoms with Crippen molar-refractivity contribution in [1.29, 1.82) is 0 Å². The maximum Gasteiger partial charge on any atom is 0.223 e. The van der Waals surface area contributed by atoms with Crippen molar-refractivity contribution in [3.05, 3.63) is 0 Å². The number of carbonyl (C=O) groups is 1. The molecule has 15 atom stereocenters. The maximum atomic E-state index is 12.9. The normalized spacial score (nSPS) is 46.0. The number of amides is 1. The lowest BCUT2D eigenvalue weighted by Crippen LogP contribution is -2.74. The number of ether oxygens (including phenoxy) is 4. The summed E-state index contributed by atoms with van der Waals surface area (Å²) in [5, 5.41) is 55.7. The molecule has 0 aromatic carbocycles. The minimum Gasteiger partial charge on any atom is -0.394 e. The Bertz CT molecular complexity index is 786. The van der Waals surface area contributed by atoms with Crippen molar-refractivity contribution in [3.8, 4) is 0 Å². The van der Waals surface area contributed by atoms with Crippen LogP contribution in [0.4, 0.5) is 0 Å². The molecule has 39 heavy (non-hydrogen) atoms. The number of rotatable bonds is 10. The second-order valence-electron chi connectivity index (χ2n) is 10.7. The molecule has 3 rings (SSSR count). The van der Waals surface area contributed by atoms with Crippen molar-refractivity contribution in [2.24, 2.45) is 34.6 Å². The van der Waals surface area contributed by atoms with Gasteiger partial charge in [0, 0.05) is 12.5 Å². The van der Waals surface area contributed by atoms with Gasteiger partial charge in [-0.05, 0) is 25.8 Å². The molecule has 0 aromatic heterocycles. The van der Waals surface area contributed by atoms with Crippen LogP contribution >= 0.6 is 0 Å². The summed E-state index contributed by atoms with van der Waals surface area (Å²) < 4.78 is 23.2. The van der Waals surface area contributed by atoms with E-state index in [2.05, 4.69) is 5.32 Å². The molecule has 1 saturated carbocycles. The lowest BCUT2D eigenvalue weighted by Gasteiger charge is -2.50. The SMILES string of the molecule is C[C@@H](CCN)C(=O)N[C@@H]1C(O)[C@H](N)C(O[C@H]2O[C@H](CN)CCC2N)C(O)[C@H]1O[C@H]1OC(CO)[C@@H](O)[C@H](N)C1O. The van der Waals surface area contributed by atoms with Crippen LogP contribution in [-0.4, -0.2) is 137 Å². The highest BCUT2D eigenvalue weighted by molar-refractivity contribution is 5.78. The van der Waals surface area contributed by atoms with E-state index >= 15 is 0 Å². The number of nitrogens with one attached hydrogen (secondary N) is 1. The quantitative estimate of drug-likeness (QED) is 0.117. The van der Waals surface area contributed by atoms with Crippen LogP contribution in [0.1, 0.15) is 26.2 Å². The minimum atomic E-state index is -1.60. The van der Waals surface area contributed by atoms with E-state index in [9.17, 15) is 30.3 Å². The molecule has 6 unspecified atom stereocenters. The summed E-state index contributed by atoms with van der Waals surface area (Å²) in [6.07, 6.45) is -11.4. The molecule has 2 saturated heterocycles. The highest BCUT2D eigenvalue weighted by atomic mass is 16.7. The fraction of sp³-hybridized carbons (Fsp3) is 0.957. The number of nitrogens with two attached hydrogens (primary N) is 5. The molecule has 1 aliphatic carbocycles. The zero-order valence-corrected chi connectivity index (χ0v) is 22.1. The van der Waals surface area contributed by atoms with Crippen LogP contribution in [-0.2, 0) is 23.7 Å². The second-order valence-corrected chi connectivity index (χ2v) is 10.7. The lowest BCUT2D eigenvalue weighted by molar-refractivity contribution is -0.319. The molecular weight excluding hydrogens is 520 g/mol. The molecule has 1 amide bonds. The van der Waals surface area contributed by atoms with Crippen molar-refractivity contribution in [2.75, 3.05) is 19.7 Å². The molecule has 3 fully saturated rings. The van der Waals surface area contributed by atoms with E-state index in [1.54, 1.807) is 6.92 Å². The third-order valence-corrected chi connectivity index (χ3v) is 7.81. The number of hydrogen-bond donors (Lipinski definition) is 11. The second kappa shape index (κ2) is 14.2. The minimum absolute atomic E-state index is 0.227. The third kappa shape index (κ3) is 7.22. The van der Waals surface area contributed by atoms with Gasteiger partial charge in [0.1, 0.15) is 36.6 Å². The molecule has 3 aliphatic rings. The summed E-state index contributed by atoms with van der Waals surface area (Å²) in [5.74, 6) is -1.02. The number of aliphatic hydroxyl groups is 5. The smallest absolute Gasteiger partial charge is 0.223 e. The van der Waals surface area contributed by atoms with E-state index in [1.165, 1.54) is 0 Å². The van der Waals surface area contributed by atoms with Crippen molar-refractivity contribution in [3.63, 3.8) is 0 Å². The Kier molecular flexibility index (Phi) is 11.8. The average Bonchev–Trinajstić information content (AvgIpc) is 2.92. The van der Waals surface area contributed by atoms with E-state index in [0.29, 0.717) is 19.3 Å². The Morgan fingerprint density at radius 2 is 1.59 bits per heavy atom. The van der Waals surface area contributed by atoms with Gasteiger partial charge in [-0.25, -0.2) is 0 Å². The summed E-state index contributed by atoms with van der Waals surface area (Å²) in [4.78, 5) is 12.9. The van der Waals surface area contributed by atoms with Crippen LogP contribution in [0, 0.1) is 5.92 Å². The van der Waals surface area contributed by atoms with Crippen LogP contribution in [0.5, 0.6) is 0 Å². The van der Waals surface area contributed by atoms with Crippen LogP contribution in [0.2, 0.25) is 0 Å². The van der Waals surface area contributed by atoms with Crippen LogP contribution < -0.4 is 34.0 Å². The van der Waals surface area contributed by atoms with Gasteiger partial charge in [0.15, 0.2) is 12.6 Å². The molecule has 2 heterocycles. The molecule has 0 aromatic rings. The van der Waals surface area contributed by atoms with Crippen molar-refractivity contribution in [1.82, 2.24) is 5.32 Å². The van der Waals surface area contributed by atoms with E-state index in [0.717, 1.165) is 0 Å². The summed E-state index contributed by atoms with van der Waals surface area (Å²) in [7, 11) is 0. The van der Waals surface area contributed by atoms with Crippen LogP contribution in [0.15, 0.2) is 0 Å². The highest BCUT2D eigenvalue weighted by Gasteiger charge is 2.54. The van der Waals surface area contributed by atoms with Gasteiger partial charge in [-0.15, -0.1) is 0 Å². The van der Waals surface area contributed by atoms with Gasteiger partial charge in [-0.3, -0.25) is 4.79 Å². The summed E-state index contributed by atoms with van der Waals surface area (Å²) in [6.45, 7) is 1.48. The molecule has 0 spiro atoms. The number of carbonyl (C=O) groups excluding carboxylic acids is 1. The summed E-state index contributed by atoms with van der Waals surface area (Å²) in [5.41, 5.74) is 29.7. The monoisotopic (exact) mass is 566 g/mol. The van der Waals surface area contributed by atoms with E-state index < -0.39 is 97.9 Å². The molecule has 0 radical (unpaired) electrons. The Balaban J connectivity index is 1.88. The van der Waals surface area contributed by atoms with Crippen molar-refractivity contribution < 1.29 is 49.3 Å². The summed E-state index contributed by atoms with van der Waals surface area (Å²) >= 11 is 0. The first-order chi connectivity index (χ1) is 18.4. The fourth-order valence-electron chi connectivity index (χ4n) is 5.16. The topological polar surface area (TPSA) is 297 Å². The number of aliphatic hydroxyl groups excluding tert-OH is 5. The fourth-order valence-corrected chi connectivity index (χ4v) is 5.16. The first-order valence-electron chi connectivity index (χ1n) is 13.4. The first-order valence-corrected chi connectivity index (χ1v) is 13.4. The lowest BCUT2D eigenvalue weighted by atomic mass is 9.81. The maximum absolute atomic E-state index is 12.9.